The van der Waals surface area contributed by atoms with E-state index in [9.17, 15) is 8.78 Å². The van der Waals surface area contributed by atoms with Crippen molar-refractivity contribution in [1.82, 2.24) is 0 Å². The number of anilines is 1. The quantitative estimate of drug-likeness (QED) is 0.907. The lowest BCUT2D eigenvalue weighted by Gasteiger charge is -2.33. The van der Waals surface area contributed by atoms with Gasteiger partial charge in [0, 0.05) is 24.3 Å². The van der Waals surface area contributed by atoms with Crippen LogP contribution in [-0.2, 0) is 0 Å². The summed E-state index contributed by atoms with van der Waals surface area (Å²) in [6.45, 7) is 4.68. The summed E-state index contributed by atoms with van der Waals surface area (Å²) >= 11 is 0. The predicted molar refractivity (Wildman–Crippen MR) is 82.4 cm³/mol. The number of nitrogens with zero attached hydrogens (tertiary/aromatic N) is 1. The van der Waals surface area contributed by atoms with E-state index in [2.05, 4.69) is 0 Å². The summed E-state index contributed by atoms with van der Waals surface area (Å²) in [5, 5.41) is 0. The van der Waals surface area contributed by atoms with Gasteiger partial charge in [-0.15, -0.1) is 0 Å². The molecule has 1 atom stereocenters. The van der Waals surface area contributed by atoms with Gasteiger partial charge >= 0.3 is 0 Å². The van der Waals surface area contributed by atoms with Gasteiger partial charge < -0.3 is 10.6 Å². The molecule has 2 N–H and O–H groups in total. The van der Waals surface area contributed by atoms with Gasteiger partial charge in [-0.3, -0.25) is 0 Å². The van der Waals surface area contributed by atoms with Gasteiger partial charge in [0.1, 0.15) is 11.6 Å². The second kappa shape index (κ2) is 6.68. The molecule has 0 fully saturated rings. The van der Waals surface area contributed by atoms with Crippen molar-refractivity contribution in [3.05, 3.63) is 65.2 Å². The first-order valence-electron chi connectivity index (χ1n) is 7.06. The molecule has 112 valence electrons. The molecule has 2 nitrogen and oxygen atoms in total. The highest BCUT2D eigenvalue weighted by Gasteiger charge is 2.25. The van der Waals surface area contributed by atoms with Crippen LogP contribution in [0, 0.1) is 18.6 Å². The Hall–Kier alpha value is -1.94. The number of likely N-dealkylation sites (N-methyl/N-ethyl adjacent to an activating group) is 1. The number of halogens is 2. The standard InChI is InChI=1S/C17H20F2N2/c1-3-21(15-10-5-4-7-12(15)2)16(11-20)17-13(18)8-6-9-14(17)19/h4-10,16H,3,11,20H2,1-2H3. The highest BCUT2D eigenvalue weighted by Crippen LogP contribution is 2.31. The van der Waals surface area contributed by atoms with Crippen LogP contribution in [-0.4, -0.2) is 13.1 Å². The number of rotatable bonds is 5. The Labute approximate surface area is 124 Å². The van der Waals surface area contributed by atoms with Crippen molar-refractivity contribution in [2.24, 2.45) is 5.73 Å². The molecule has 0 bridgehead atoms. The molecule has 2 rings (SSSR count). The Bertz CT molecular complexity index is 593. The Balaban J connectivity index is 2.51. The monoisotopic (exact) mass is 290 g/mol. The zero-order chi connectivity index (χ0) is 15.4. The van der Waals surface area contributed by atoms with Crippen LogP contribution in [0.25, 0.3) is 0 Å². The maximum Gasteiger partial charge on any atom is 0.131 e. The van der Waals surface area contributed by atoms with E-state index >= 15 is 0 Å². The van der Waals surface area contributed by atoms with E-state index in [0.29, 0.717) is 6.54 Å². The van der Waals surface area contributed by atoms with E-state index in [1.54, 1.807) is 0 Å². The maximum atomic E-state index is 14.1. The normalized spacial score (nSPS) is 12.2. The third kappa shape index (κ3) is 3.05. The van der Waals surface area contributed by atoms with E-state index in [4.69, 9.17) is 5.73 Å². The van der Waals surface area contributed by atoms with Crippen LogP contribution in [0.2, 0.25) is 0 Å². The number of hydrogen-bond donors (Lipinski definition) is 1. The van der Waals surface area contributed by atoms with Crippen molar-refractivity contribution >= 4 is 5.69 Å². The topological polar surface area (TPSA) is 29.3 Å². The van der Waals surface area contributed by atoms with E-state index in [-0.39, 0.29) is 12.1 Å². The van der Waals surface area contributed by atoms with Gasteiger partial charge in [-0.05, 0) is 37.6 Å². The zero-order valence-corrected chi connectivity index (χ0v) is 12.3. The maximum absolute atomic E-state index is 14.1. The molecule has 21 heavy (non-hydrogen) atoms. The summed E-state index contributed by atoms with van der Waals surface area (Å²) in [6, 6.07) is 11.1. The molecule has 0 spiro atoms. The van der Waals surface area contributed by atoms with Gasteiger partial charge in [0.25, 0.3) is 0 Å². The van der Waals surface area contributed by atoms with Gasteiger partial charge in [0.2, 0.25) is 0 Å². The van der Waals surface area contributed by atoms with Crippen LogP contribution >= 0.6 is 0 Å². The van der Waals surface area contributed by atoms with Crippen LogP contribution in [0.3, 0.4) is 0 Å². The number of para-hydroxylation sites is 1. The average Bonchev–Trinajstić information content (AvgIpc) is 2.47. The first kappa shape index (κ1) is 15.4. The molecule has 0 saturated heterocycles. The molecule has 4 heteroatoms. The van der Waals surface area contributed by atoms with E-state index in [1.165, 1.54) is 18.2 Å². The largest absolute Gasteiger partial charge is 0.363 e. The van der Waals surface area contributed by atoms with Gasteiger partial charge in [-0.25, -0.2) is 8.78 Å². The Morgan fingerprint density at radius 1 is 1.05 bits per heavy atom. The third-order valence-electron chi connectivity index (χ3n) is 3.70. The minimum Gasteiger partial charge on any atom is -0.363 e. The highest BCUT2D eigenvalue weighted by molar-refractivity contribution is 5.55. The van der Waals surface area contributed by atoms with Gasteiger partial charge in [-0.1, -0.05) is 24.3 Å². The van der Waals surface area contributed by atoms with Crippen LogP contribution < -0.4 is 10.6 Å². The lowest BCUT2D eigenvalue weighted by atomic mass is 10.0. The molecular weight excluding hydrogens is 270 g/mol. The summed E-state index contributed by atoms with van der Waals surface area (Å²) in [6.07, 6.45) is 0. The lowest BCUT2D eigenvalue weighted by molar-refractivity contribution is 0.511. The fourth-order valence-electron chi connectivity index (χ4n) is 2.67. The average molecular weight is 290 g/mol. The molecular formula is C17H20F2N2. The van der Waals surface area contributed by atoms with Crippen molar-refractivity contribution in [2.75, 3.05) is 18.0 Å². The predicted octanol–water partition coefficient (Wildman–Crippen LogP) is 3.80. The van der Waals surface area contributed by atoms with Crippen LogP contribution in [0.15, 0.2) is 42.5 Å². The summed E-state index contributed by atoms with van der Waals surface area (Å²) in [5.74, 6) is -1.12. The van der Waals surface area contributed by atoms with Crippen LogP contribution in [0.5, 0.6) is 0 Å². The molecule has 1 unspecified atom stereocenters. The smallest absolute Gasteiger partial charge is 0.131 e. The Kier molecular flexibility index (Phi) is 4.91. The van der Waals surface area contributed by atoms with Crippen molar-refractivity contribution in [1.29, 1.82) is 0 Å². The fourth-order valence-corrected chi connectivity index (χ4v) is 2.67. The molecule has 2 aromatic carbocycles. The molecule has 0 radical (unpaired) electrons. The van der Waals surface area contributed by atoms with Crippen molar-refractivity contribution in [3.63, 3.8) is 0 Å². The summed E-state index contributed by atoms with van der Waals surface area (Å²) in [4.78, 5) is 1.94. The number of benzene rings is 2. The Morgan fingerprint density at radius 3 is 2.19 bits per heavy atom. The van der Waals surface area contributed by atoms with E-state index in [1.807, 2.05) is 43.0 Å². The first-order chi connectivity index (χ1) is 10.1. The van der Waals surface area contributed by atoms with Crippen molar-refractivity contribution < 1.29 is 8.78 Å². The lowest BCUT2D eigenvalue weighted by Crippen LogP contribution is -2.35. The summed E-state index contributed by atoms with van der Waals surface area (Å²) in [7, 11) is 0. The SMILES string of the molecule is CCN(c1ccccc1C)C(CN)c1c(F)cccc1F. The number of nitrogens with two attached hydrogens (primary N) is 1. The first-order valence-corrected chi connectivity index (χ1v) is 7.06. The molecule has 0 aliphatic heterocycles. The molecule has 0 heterocycles. The third-order valence-corrected chi connectivity index (χ3v) is 3.70. The van der Waals surface area contributed by atoms with Crippen LogP contribution in [0.1, 0.15) is 24.1 Å². The van der Waals surface area contributed by atoms with Crippen molar-refractivity contribution in [2.45, 2.75) is 19.9 Å². The van der Waals surface area contributed by atoms with Gasteiger partial charge in [0.15, 0.2) is 0 Å². The summed E-state index contributed by atoms with van der Waals surface area (Å²) in [5.41, 5.74) is 7.86. The summed E-state index contributed by atoms with van der Waals surface area (Å²) < 4.78 is 28.2. The van der Waals surface area contributed by atoms with Gasteiger partial charge in [-0.2, -0.15) is 0 Å². The number of hydrogen-bond acceptors (Lipinski definition) is 2. The van der Waals surface area contributed by atoms with Crippen LogP contribution in [0.4, 0.5) is 14.5 Å². The molecule has 0 aliphatic rings. The molecule has 0 amide bonds. The second-order valence-electron chi connectivity index (χ2n) is 4.96. The van der Waals surface area contributed by atoms with E-state index in [0.717, 1.165) is 11.3 Å². The minimum atomic E-state index is -0.558. The fraction of sp³-hybridized carbons (Fsp3) is 0.294. The Morgan fingerprint density at radius 2 is 1.67 bits per heavy atom. The molecule has 2 aromatic rings. The minimum absolute atomic E-state index is 0.0325. The number of aryl methyl sites for hydroxylation is 1. The molecule has 0 saturated carbocycles. The van der Waals surface area contributed by atoms with Gasteiger partial charge in [0.05, 0.1) is 6.04 Å². The molecule has 0 aliphatic carbocycles. The van der Waals surface area contributed by atoms with Crippen molar-refractivity contribution in [3.8, 4) is 0 Å². The zero-order valence-electron chi connectivity index (χ0n) is 12.3. The highest BCUT2D eigenvalue weighted by atomic mass is 19.1. The second-order valence-corrected chi connectivity index (χ2v) is 4.96. The van der Waals surface area contributed by atoms with E-state index < -0.39 is 17.7 Å². The molecule has 0 aromatic heterocycles.